The summed E-state index contributed by atoms with van der Waals surface area (Å²) in [4.78, 5) is 23.0. The lowest BCUT2D eigenvalue weighted by molar-refractivity contribution is -0.136. The molecule has 1 N–H and O–H groups in total. The normalized spacial score (nSPS) is 10.5. The van der Waals surface area contributed by atoms with Gasteiger partial charge in [-0.05, 0) is 29.9 Å². The molecule has 0 bridgehead atoms. The van der Waals surface area contributed by atoms with Gasteiger partial charge in [0.25, 0.3) is 0 Å². The Morgan fingerprint density at radius 2 is 2.21 bits per heavy atom. The average Bonchev–Trinajstić information content (AvgIpc) is 2.83. The number of aryl methyl sites for hydroxylation is 1. The minimum atomic E-state index is -0.836. The fraction of sp³-hybridized carbons (Fsp3) is 0.333. The third-order valence-electron chi connectivity index (χ3n) is 2.54. The summed E-state index contributed by atoms with van der Waals surface area (Å²) in [6.45, 7) is 0. The molecule has 0 spiro atoms. The Kier molecular flexibility index (Phi) is 6.62. The monoisotopic (exact) mass is 276 g/mol. The predicted octanol–water partition coefficient (Wildman–Crippen LogP) is 3.31. The third-order valence-corrected chi connectivity index (χ3v) is 3.53. The summed E-state index contributed by atoms with van der Waals surface area (Å²) in [5.41, 5.74) is 1.02. The van der Waals surface area contributed by atoms with Gasteiger partial charge in [-0.3, -0.25) is 9.59 Å². The van der Waals surface area contributed by atoms with Gasteiger partial charge in [0.05, 0.1) is 11.3 Å². The van der Waals surface area contributed by atoms with Crippen LogP contribution in [0.4, 0.5) is 0 Å². The van der Waals surface area contributed by atoms with Crippen molar-refractivity contribution < 1.29 is 14.7 Å². The summed E-state index contributed by atoms with van der Waals surface area (Å²) in [6.07, 6.45) is 11.0. The summed E-state index contributed by atoms with van der Waals surface area (Å²) in [7, 11) is 0. The summed E-state index contributed by atoms with van der Waals surface area (Å²) < 4.78 is 0. The first-order chi connectivity index (χ1) is 9.15. The molecule has 0 saturated heterocycles. The molecule has 3 nitrogen and oxygen atoms in total. The highest BCUT2D eigenvalue weighted by Crippen LogP contribution is 2.21. The van der Waals surface area contributed by atoms with Crippen molar-refractivity contribution in [3.8, 4) is 12.3 Å². The van der Waals surface area contributed by atoms with Crippen LogP contribution in [0.25, 0.3) is 0 Å². The van der Waals surface area contributed by atoms with Gasteiger partial charge in [-0.1, -0.05) is 12.2 Å². The number of aliphatic carboxylic acids is 1. The fourth-order valence-electron chi connectivity index (χ4n) is 1.62. The average molecular weight is 276 g/mol. The summed E-state index contributed by atoms with van der Waals surface area (Å²) in [6, 6.07) is 1.94. The quantitative estimate of drug-likeness (QED) is 0.450. The van der Waals surface area contributed by atoms with Crippen LogP contribution < -0.4 is 0 Å². The van der Waals surface area contributed by atoms with Crippen molar-refractivity contribution in [2.75, 3.05) is 0 Å². The number of thiophene rings is 1. The van der Waals surface area contributed by atoms with E-state index < -0.39 is 5.97 Å². The van der Waals surface area contributed by atoms with Crippen LogP contribution in [0.2, 0.25) is 0 Å². The zero-order valence-electron chi connectivity index (χ0n) is 10.6. The molecular weight excluding hydrogens is 260 g/mol. The summed E-state index contributed by atoms with van der Waals surface area (Å²) in [5.74, 6) is 1.73. The van der Waals surface area contributed by atoms with E-state index in [-0.39, 0.29) is 12.2 Å². The minimum absolute atomic E-state index is 0.0393. The van der Waals surface area contributed by atoms with Gasteiger partial charge in [-0.25, -0.2) is 0 Å². The van der Waals surface area contributed by atoms with E-state index in [1.165, 1.54) is 11.3 Å². The Bertz CT molecular complexity index is 506. The largest absolute Gasteiger partial charge is 0.481 e. The van der Waals surface area contributed by atoms with E-state index in [4.69, 9.17) is 11.5 Å². The number of carboxylic acids is 1. The molecule has 0 amide bonds. The van der Waals surface area contributed by atoms with Crippen LogP contribution >= 0.6 is 11.3 Å². The maximum absolute atomic E-state index is 11.9. The highest BCUT2D eigenvalue weighted by Gasteiger charge is 2.11. The smallest absolute Gasteiger partial charge is 0.307 e. The molecule has 0 atom stereocenters. The van der Waals surface area contributed by atoms with Gasteiger partial charge in [-0.2, -0.15) is 0 Å². The van der Waals surface area contributed by atoms with Crippen LogP contribution in [0, 0.1) is 12.3 Å². The maximum Gasteiger partial charge on any atom is 0.307 e. The molecule has 100 valence electrons. The van der Waals surface area contributed by atoms with Gasteiger partial charge in [0.15, 0.2) is 5.78 Å². The SMILES string of the molecule is C#CCCC(=O)c1sccc1CCC=CCC(=O)O. The van der Waals surface area contributed by atoms with E-state index in [9.17, 15) is 9.59 Å². The van der Waals surface area contributed by atoms with Crippen LogP contribution in [-0.2, 0) is 11.2 Å². The Morgan fingerprint density at radius 3 is 2.89 bits per heavy atom. The number of ketones is 1. The topological polar surface area (TPSA) is 54.4 Å². The molecule has 1 rings (SSSR count). The second-order valence-electron chi connectivity index (χ2n) is 4.01. The molecule has 0 aliphatic heterocycles. The lowest BCUT2D eigenvalue weighted by Gasteiger charge is -2.00. The molecule has 19 heavy (non-hydrogen) atoms. The van der Waals surface area contributed by atoms with Gasteiger partial charge in [0.2, 0.25) is 0 Å². The molecule has 1 aromatic heterocycles. The predicted molar refractivity (Wildman–Crippen MR) is 76.4 cm³/mol. The number of allylic oxidation sites excluding steroid dienone is 1. The molecule has 4 heteroatoms. The Morgan fingerprint density at radius 1 is 1.42 bits per heavy atom. The second kappa shape index (κ2) is 8.28. The summed E-state index contributed by atoms with van der Waals surface area (Å²) >= 11 is 1.44. The lowest BCUT2D eigenvalue weighted by atomic mass is 10.1. The highest BCUT2D eigenvalue weighted by atomic mass is 32.1. The van der Waals surface area contributed by atoms with Gasteiger partial charge in [-0.15, -0.1) is 23.7 Å². The van der Waals surface area contributed by atoms with Gasteiger partial charge < -0.3 is 5.11 Å². The molecule has 1 aromatic rings. The molecule has 1 heterocycles. The Hall–Kier alpha value is -1.86. The van der Waals surface area contributed by atoms with Crippen LogP contribution in [-0.4, -0.2) is 16.9 Å². The highest BCUT2D eigenvalue weighted by molar-refractivity contribution is 7.12. The molecule has 0 unspecified atom stereocenters. The van der Waals surface area contributed by atoms with Crippen molar-refractivity contribution >= 4 is 23.1 Å². The van der Waals surface area contributed by atoms with Crippen molar-refractivity contribution in [1.29, 1.82) is 0 Å². The van der Waals surface area contributed by atoms with E-state index in [1.54, 1.807) is 6.08 Å². The molecule has 0 aromatic carbocycles. The molecular formula is C15H16O3S. The van der Waals surface area contributed by atoms with Crippen molar-refractivity contribution in [2.45, 2.75) is 32.1 Å². The van der Waals surface area contributed by atoms with Crippen molar-refractivity contribution in [3.05, 3.63) is 34.0 Å². The van der Waals surface area contributed by atoms with E-state index in [1.807, 2.05) is 17.5 Å². The van der Waals surface area contributed by atoms with E-state index >= 15 is 0 Å². The van der Waals surface area contributed by atoms with Gasteiger partial charge in [0.1, 0.15) is 0 Å². The zero-order valence-corrected chi connectivity index (χ0v) is 11.4. The van der Waals surface area contributed by atoms with Crippen LogP contribution in [0.1, 0.15) is 40.9 Å². The van der Waals surface area contributed by atoms with E-state index in [0.717, 1.165) is 23.3 Å². The lowest BCUT2D eigenvalue weighted by Crippen LogP contribution is -1.99. The summed E-state index contributed by atoms with van der Waals surface area (Å²) in [5, 5.41) is 10.4. The second-order valence-corrected chi connectivity index (χ2v) is 4.93. The number of Topliss-reactive ketones (excluding diaryl/α,β-unsaturated/α-hetero) is 1. The first kappa shape index (κ1) is 15.2. The number of carbonyl (C=O) groups is 2. The van der Waals surface area contributed by atoms with Crippen LogP contribution in [0.5, 0.6) is 0 Å². The number of hydrogen-bond donors (Lipinski definition) is 1. The van der Waals surface area contributed by atoms with Crippen molar-refractivity contribution in [2.24, 2.45) is 0 Å². The standard InChI is InChI=1S/C15H16O3S/c1-2-3-8-13(16)15-12(10-11-19-15)7-5-4-6-9-14(17)18/h1,4,6,10-11H,3,5,7-9H2,(H,17,18). The van der Waals surface area contributed by atoms with Gasteiger partial charge in [0, 0.05) is 12.8 Å². The fourth-order valence-corrected chi connectivity index (χ4v) is 2.54. The Labute approximate surface area is 117 Å². The molecule has 0 aliphatic carbocycles. The number of hydrogen-bond acceptors (Lipinski definition) is 3. The molecule has 0 saturated carbocycles. The molecule has 0 radical (unpaired) electrons. The van der Waals surface area contributed by atoms with Crippen molar-refractivity contribution in [3.63, 3.8) is 0 Å². The van der Waals surface area contributed by atoms with Crippen LogP contribution in [0.15, 0.2) is 23.6 Å². The molecule has 0 aliphatic rings. The first-order valence-electron chi connectivity index (χ1n) is 6.05. The first-order valence-corrected chi connectivity index (χ1v) is 6.93. The van der Waals surface area contributed by atoms with E-state index in [2.05, 4.69) is 5.92 Å². The minimum Gasteiger partial charge on any atom is -0.481 e. The number of carboxylic acid groups (broad SMARTS) is 1. The maximum atomic E-state index is 11.9. The molecule has 0 fully saturated rings. The number of terminal acetylenes is 1. The number of rotatable bonds is 8. The zero-order chi connectivity index (χ0) is 14.1. The van der Waals surface area contributed by atoms with Crippen LogP contribution in [0.3, 0.4) is 0 Å². The van der Waals surface area contributed by atoms with Gasteiger partial charge >= 0.3 is 5.97 Å². The third kappa shape index (κ3) is 5.54. The van der Waals surface area contributed by atoms with Crippen molar-refractivity contribution in [1.82, 2.24) is 0 Å². The van der Waals surface area contributed by atoms with E-state index in [0.29, 0.717) is 12.8 Å². The number of carbonyl (C=O) groups excluding carboxylic acids is 1. The Balaban J connectivity index is 2.49.